The van der Waals surface area contributed by atoms with Crippen molar-refractivity contribution in [1.82, 2.24) is 25.2 Å². The first-order valence-electron chi connectivity index (χ1n) is 5.61. The second-order valence-electron chi connectivity index (χ2n) is 4.06. The van der Waals surface area contributed by atoms with Crippen molar-refractivity contribution in [2.75, 3.05) is 0 Å². The number of aryl methyl sites for hydroxylation is 2. The summed E-state index contributed by atoms with van der Waals surface area (Å²) in [5.41, 5.74) is 7.23. The number of hydrogen-bond donors (Lipinski definition) is 1. The predicted molar refractivity (Wildman–Crippen MR) is 63.0 cm³/mol. The van der Waals surface area contributed by atoms with E-state index in [9.17, 15) is 0 Å². The van der Waals surface area contributed by atoms with Gasteiger partial charge in [-0.05, 0) is 29.7 Å². The van der Waals surface area contributed by atoms with Gasteiger partial charge in [0, 0.05) is 24.9 Å². The smallest absolute Gasteiger partial charge is 0.176 e. The topological polar surface area (TPSA) is 82.5 Å². The summed E-state index contributed by atoms with van der Waals surface area (Å²) in [4.78, 5) is 5.52. The van der Waals surface area contributed by atoms with Gasteiger partial charge in [0.15, 0.2) is 5.82 Å². The Morgan fingerprint density at radius 1 is 1.47 bits per heavy atom. The molecule has 6 nitrogen and oxygen atoms in total. The van der Waals surface area contributed by atoms with Crippen molar-refractivity contribution in [3.8, 4) is 0 Å². The molecule has 6 heteroatoms. The quantitative estimate of drug-likeness (QED) is 0.791. The fourth-order valence-electron chi connectivity index (χ4n) is 1.64. The first kappa shape index (κ1) is 11.7. The summed E-state index contributed by atoms with van der Waals surface area (Å²) >= 11 is 0. The van der Waals surface area contributed by atoms with Crippen LogP contribution in [0.25, 0.3) is 0 Å². The molecule has 0 radical (unpaired) electrons. The van der Waals surface area contributed by atoms with Gasteiger partial charge in [0.1, 0.15) is 0 Å². The molecular weight excluding hydrogens is 216 g/mol. The highest BCUT2D eigenvalue weighted by Crippen LogP contribution is 2.04. The Morgan fingerprint density at radius 2 is 2.35 bits per heavy atom. The second-order valence-corrected chi connectivity index (χ2v) is 4.06. The highest BCUT2D eigenvalue weighted by Gasteiger charge is 2.08. The van der Waals surface area contributed by atoms with E-state index in [-0.39, 0.29) is 6.04 Å². The minimum absolute atomic E-state index is 0.0550. The zero-order chi connectivity index (χ0) is 12.1. The van der Waals surface area contributed by atoms with Crippen LogP contribution in [-0.2, 0) is 19.9 Å². The van der Waals surface area contributed by atoms with Gasteiger partial charge in [0.05, 0.1) is 7.05 Å². The maximum atomic E-state index is 6.03. The zero-order valence-corrected chi connectivity index (χ0v) is 9.82. The van der Waals surface area contributed by atoms with Gasteiger partial charge in [-0.1, -0.05) is 6.07 Å². The molecule has 2 aromatic rings. The average molecular weight is 232 g/mol. The first-order valence-corrected chi connectivity index (χ1v) is 5.61. The van der Waals surface area contributed by atoms with Crippen molar-refractivity contribution in [3.63, 3.8) is 0 Å². The van der Waals surface area contributed by atoms with Crippen molar-refractivity contribution < 1.29 is 0 Å². The standard InChI is InChI=1S/C11H16N6/c1-17-15-11(14-16-17)7-10(12)5-4-9-3-2-6-13-8-9/h2-3,6,8,10H,4-5,7,12H2,1H3. The molecule has 0 aliphatic carbocycles. The molecule has 0 bridgehead atoms. The average Bonchev–Trinajstić information content (AvgIpc) is 2.73. The molecule has 1 atom stereocenters. The lowest BCUT2D eigenvalue weighted by Crippen LogP contribution is -2.24. The van der Waals surface area contributed by atoms with E-state index in [0.717, 1.165) is 12.8 Å². The number of nitrogens with two attached hydrogens (primary N) is 1. The molecule has 2 aromatic heterocycles. The molecule has 0 saturated carbocycles. The van der Waals surface area contributed by atoms with Crippen LogP contribution >= 0.6 is 0 Å². The van der Waals surface area contributed by atoms with Gasteiger partial charge in [-0.2, -0.15) is 4.80 Å². The molecule has 0 saturated heterocycles. The lowest BCUT2D eigenvalue weighted by Gasteiger charge is -2.08. The number of aromatic nitrogens is 5. The van der Waals surface area contributed by atoms with Crippen molar-refractivity contribution >= 4 is 0 Å². The lowest BCUT2D eigenvalue weighted by molar-refractivity contribution is 0.586. The van der Waals surface area contributed by atoms with E-state index in [1.807, 2.05) is 12.3 Å². The Hall–Kier alpha value is -1.82. The molecule has 2 rings (SSSR count). The van der Waals surface area contributed by atoms with Crippen molar-refractivity contribution in [1.29, 1.82) is 0 Å². The highest BCUT2D eigenvalue weighted by molar-refractivity contribution is 5.08. The van der Waals surface area contributed by atoms with Crippen molar-refractivity contribution in [2.45, 2.75) is 25.3 Å². The molecule has 0 aromatic carbocycles. The van der Waals surface area contributed by atoms with Crippen LogP contribution in [0.15, 0.2) is 24.5 Å². The summed E-state index contributed by atoms with van der Waals surface area (Å²) in [6.45, 7) is 0. The molecule has 90 valence electrons. The fraction of sp³-hybridized carbons (Fsp3) is 0.455. The summed E-state index contributed by atoms with van der Waals surface area (Å²) in [6.07, 6.45) is 6.12. The molecular formula is C11H16N6. The monoisotopic (exact) mass is 232 g/mol. The van der Waals surface area contributed by atoms with Crippen molar-refractivity contribution in [3.05, 3.63) is 35.9 Å². The van der Waals surface area contributed by atoms with Crippen molar-refractivity contribution in [2.24, 2.45) is 12.8 Å². The summed E-state index contributed by atoms with van der Waals surface area (Å²) in [5, 5.41) is 11.8. The van der Waals surface area contributed by atoms with E-state index in [4.69, 9.17) is 5.73 Å². The van der Waals surface area contributed by atoms with Crippen LogP contribution in [0.3, 0.4) is 0 Å². The van der Waals surface area contributed by atoms with E-state index < -0.39 is 0 Å². The van der Waals surface area contributed by atoms with Gasteiger partial charge in [0.2, 0.25) is 0 Å². The minimum Gasteiger partial charge on any atom is -0.327 e. The van der Waals surface area contributed by atoms with Crippen LogP contribution in [0.2, 0.25) is 0 Å². The summed E-state index contributed by atoms with van der Waals surface area (Å²) in [5.74, 6) is 0.700. The first-order chi connectivity index (χ1) is 8.24. The van der Waals surface area contributed by atoms with Crippen LogP contribution in [0.1, 0.15) is 17.8 Å². The normalized spacial score (nSPS) is 12.6. The Morgan fingerprint density at radius 3 is 3.00 bits per heavy atom. The second kappa shape index (κ2) is 5.49. The van der Waals surface area contributed by atoms with E-state index in [1.165, 1.54) is 10.4 Å². The maximum absolute atomic E-state index is 6.03. The number of nitrogens with zero attached hydrogens (tertiary/aromatic N) is 5. The molecule has 0 amide bonds. The Bertz CT molecular complexity index is 452. The van der Waals surface area contributed by atoms with Crippen LogP contribution < -0.4 is 5.73 Å². The summed E-state index contributed by atoms with van der Waals surface area (Å²) in [6, 6.07) is 4.05. The number of tetrazole rings is 1. The highest BCUT2D eigenvalue weighted by atomic mass is 15.6. The van der Waals surface area contributed by atoms with Gasteiger partial charge < -0.3 is 5.73 Å². The third kappa shape index (κ3) is 3.60. The van der Waals surface area contributed by atoms with Crippen LogP contribution in [0.5, 0.6) is 0 Å². The molecule has 2 N–H and O–H groups in total. The minimum atomic E-state index is 0.0550. The molecule has 17 heavy (non-hydrogen) atoms. The van der Waals surface area contributed by atoms with E-state index in [2.05, 4.69) is 26.5 Å². The SMILES string of the molecule is Cn1nnc(CC(N)CCc2cccnc2)n1. The predicted octanol–water partition coefficient (Wildman–Crippen LogP) is 0.108. The van der Waals surface area contributed by atoms with E-state index >= 15 is 0 Å². The zero-order valence-electron chi connectivity index (χ0n) is 9.82. The lowest BCUT2D eigenvalue weighted by atomic mass is 10.0. The third-order valence-corrected chi connectivity index (χ3v) is 2.52. The Balaban J connectivity index is 1.80. The van der Waals surface area contributed by atoms with Gasteiger partial charge in [-0.15, -0.1) is 10.2 Å². The Kier molecular flexibility index (Phi) is 3.77. The van der Waals surface area contributed by atoms with E-state index in [1.54, 1.807) is 13.2 Å². The van der Waals surface area contributed by atoms with Crippen LogP contribution in [0, 0.1) is 0 Å². The molecule has 0 spiro atoms. The van der Waals surface area contributed by atoms with Crippen LogP contribution in [0.4, 0.5) is 0 Å². The molecule has 0 aliphatic heterocycles. The number of pyridine rings is 1. The van der Waals surface area contributed by atoms with Crippen LogP contribution in [-0.4, -0.2) is 31.2 Å². The van der Waals surface area contributed by atoms with Gasteiger partial charge >= 0.3 is 0 Å². The number of rotatable bonds is 5. The molecule has 1 unspecified atom stereocenters. The Labute approximate surface area is 99.9 Å². The summed E-state index contributed by atoms with van der Waals surface area (Å²) < 4.78 is 0. The van der Waals surface area contributed by atoms with Gasteiger partial charge in [-0.3, -0.25) is 4.98 Å². The summed E-state index contributed by atoms with van der Waals surface area (Å²) in [7, 11) is 1.75. The maximum Gasteiger partial charge on any atom is 0.176 e. The molecule has 2 heterocycles. The van der Waals surface area contributed by atoms with Gasteiger partial charge in [-0.25, -0.2) is 0 Å². The largest absolute Gasteiger partial charge is 0.327 e. The fourth-order valence-corrected chi connectivity index (χ4v) is 1.64. The number of hydrogen-bond acceptors (Lipinski definition) is 5. The molecule has 0 fully saturated rings. The third-order valence-electron chi connectivity index (χ3n) is 2.52. The van der Waals surface area contributed by atoms with Gasteiger partial charge in [0.25, 0.3) is 0 Å². The van der Waals surface area contributed by atoms with E-state index in [0.29, 0.717) is 12.2 Å². The molecule has 0 aliphatic rings.